The van der Waals surface area contributed by atoms with Gasteiger partial charge in [0.05, 0.1) is 0 Å². The van der Waals surface area contributed by atoms with Gasteiger partial charge in [0.2, 0.25) is 0 Å². The van der Waals surface area contributed by atoms with Crippen LogP contribution < -0.4 is 5.73 Å². The van der Waals surface area contributed by atoms with E-state index in [1.54, 1.807) is 0 Å². The Morgan fingerprint density at radius 1 is 1.58 bits per heavy atom. The van der Waals surface area contributed by atoms with Crippen molar-refractivity contribution < 1.29 is 0 Å². The molecular weight excluding hydrogens is 190 g/mol. The molecule has 1 nitrogen and oxygen atoms in total. The maximum atomic E-state index is 6.06. The summed E-state index contributed by atoms with van der Waals surface area (Å²) < 4.78 is 0. The second kappa shape index (κ2) is 3.36. The minimum absolute atomic E-state index is 0. The molecule has 0 spiro atoms. The molecule has 0 saturated heterocycles. The monoisotopic (exact) mass is 203 g/mol. The Balaban J connectivity index is 0.000000720. The van der Waals surface area contributed by atoms with E-state index < -0.39 is 0 Å². The summed E-state index contributed by atoms with van der Waals surface area (Å²) in [6.45, 7) is 2.15. The first-order valence-corrected chi connectivity index (χ1v) is 4.89. The molecule has 3 heteroatoms. The van der Waals surface area contributed by atoms with E-state index >= 15 is 0 Å². The predicted octanol–water partition coefficient (Wildman–Crippen LogP) is 2.38. The molecule has 0 amide bonds. The Morgan fingerprint density at radius 2 is 2.33 bits per heavy atom. The molecule has 1 aromatic rings. The Kier molecular flexibility index (Phi) is 2.81. The van der Waals surface area contributed by atoms with Crippen LogP contribution in [0.3, 0.4) is 0 Å². The molecule has 1 aromatic heterocycles. The molecule has 2 N–H and O–H groups in total. The number of fused-ring (bicyclic) bond motifs is 1. The van der Waals surface area contributed by atoms with Crippen LogP contribution in [0.5, 0.6) is 0 Å². The van der Waals surface area contributed by atoms with Gasteiger partial charge in [0.15, 0.2) is 0 Å². The lowest BCUT2D eigenvalue weighted by molar-refractivity contribution is 0.413. The standard InChI is InChI=1S/C9H13NS.ClH/c1-9(10)4-2-7-3-5-11-8(7)6-9;/h3,5H,2,4,6,10H2,1H3;1H. The van der Waals surface area contributed by atoms with Crippen LogP contribution in [0.2, 0.25) is 0 Å². The summed E-state index contributed by atoms with van der Waals surface area (Å²) in [4.78, 5) is 1.50. The second-order valence-corrected chi connectivity index (χ2v) is 4.70. The lowest BCUT2D eigenvalue weighted by atomic mass is 9.84. The van der Waals surface area contributed by atoms with Gasteiger partial charge in [-0.2, -0.15) is 0 Å². The van der Waals surface area contributed by atoms with Crippen molar-refractivity contribution in [2.45, 2.75) is 31.7 Å². The third-order valence-corrected chi connectivity index (χ3v) is 3.33. The minimum Gasteiger partial charge on any atom is -0.325 e. The Hall–Kier alpha value is -0.0500. The van der Waals surface area contributed by atoms with E-state index in [1.807, 2.05) is 11.3 Å². The molecule has 2 rings (SSSR count). The van der Waals surface area contributed by atoms with Gasteiger partial charge in [0, 0.05) is 10.4 Å². The highest BCUT2D eigenvalue weighted by atomic mass is 35.5. The highest BCUT2D eigenvalue weighted by Gasteiger charge is 2.25. The van der Waals surface area contributed by atoms with Crippen molar-refractivity contribution >= 4 is 23.7 Å². The van der Waals surface area contributed by atoms with Gasteiger partial charge >= 0.3 is 0 Å². The van der Waals surface area contributed by atoms with Crippen LogP contribution in [-0.4, -0.2) is 5.54 Å². The fourth-order valence-electron chi connectivity index (χ4n) is 1.62. The summed E-state index contributed by atoms with van der Waals surface area (Å²) in [6.07, 6.45) is 3.38. The van der Waals surface area contributed by atoms with Crippen LogP contribution in [0.1, 0.15) is 23.8 Å². The molecule has 0 aliphatic heterocycles. The van der Waals surface area contributed by atoms with Crippen LogP contribution in [0.15, 0.2) is 11.4 Å². The number of nitrogens with two attached hydrogens (primary N) is 1. The molecule has 1 unspecified atom stereocenters. The highest BCUT2D eigenvalue weighted by molar-refractivity contribution is 7.10. The van der Waals surface area contributed by atoms with Gasteiger partial charge in [-0.25, -0.2) is 0 Å². The number of halogens is 1. The first-order chi connectivity index (χ1) is 5.17. The molecule has 0 fully saturated rings. The first kappa shape index (κ1) is 10.0. The fraction of sp³-hybridized carbons (Fsp3) is 0.556. The molecule has 1 heterocycles. The maximum absolute atomic E-state index is 6.06. The average molecular weight is 204 g/mol. The van der Waals surface area contributed by atoms with E-state index in [0.717, 1.165) is 12.8 Å². The van der Waals surface area contributed by atoms with Crippen molar-refractivity contribution in [2.24, 2.45) is 5.73 Å². The number of thiophene rings is 1. The zero-order valence-electron chi connectivity index (χ0n) is 7.17. The van der Waals surface area contributed by atoms with Gasteiger partial charge in [-0.3, -0.25) is 0 Å². The SMILES string of the molecule is CC1(N)CCc2ccsc2C1.Cl. The second-order valence-electron chi connectivity index (χ2n) is 3.70. The van der Waals surface area contributed by atoms with Crippen LogP contribution in [0.4, 0.5) is 0 Å². The summed E-state index contributed by atoms with van der Waals surface area (Å²) >= 11 is 1.85. The van der Waals surface area contributed by atoms with Crippen molar-refractivity contribution in [3.8, 4) is 0 Å². The van der Waals surface area contributed by atoms with Gasteiger partial charge in [0.25, 0.3) is 0 Å². The Bertz CT molecular complexity index is 267. The lowest BCUT2D eigenvalue weighted by Gasteiger charge is -2.28. The zero-order chi connectivity index (χ0) is 7.90. The normalized spacial score (nSPS) is 27.5. The fourth-order valence-corrected chi connectivity index (χ4v) is 2.75. The molecule has 1 atom stereocenters. The van der Waals surface area contributed by atoms with E-state index in [1.165, 1.54) is 16.9 Å². The van der Waals surface area contributed by atoms with Crippen molar-refractivity contribution in [3.05, 3.63) is 21.9 Å². The van der Waals surface area contributed by atoms with E-state index in [4.69, 9.17) is 5.73 Å². The molecule has 0 bridgehead atoms. The lowest BCUT2D eigenvalue weighted by Crippen LogP contribution is -2.41. The van der Waals surface area contributed by atoms with E-state index in [2.05, 4.69) is 18.4 Å². The average Bonchev–Trinajstić information content (AvgIpc) is 2.31. The van der Waals surface area contributed by atoms with Gasteiger partial charge in [-0.05, 0) is 43.2 Å². The van der Waals surface area contributed by atoms with Gasteiger partial charge in [0.1, 0.15) is 0 Å². The third kappa shape index (κ3) is 1.82. The summed E-state index contributed by atoms with van der Waals surface area (Å²) in [5, 5.41) is 2.17. The third-order valence-electron chi connectivity index (χ3n) is 2.37. The van der Waals surface area contributed by atoms with Gasteiger partial charge < -0.3 is 5.73 Å². The Labute approximate surface area is 83.4 Å². The first-order valence-electron chi connectivity index (χ1n) is 4.01. The number of aryl methyl sites for hydroxylation is 1. The number of hydrogen-bond acceptors (Lipinski definition) is 2. The summed E-state index contributed by atoms with van der Waals surface area (Å²) in [7, 11) is 0. The van der Waals surface area contributed by atoms with E-state index in [0.29, 0.717) is 0 Å². The smallest absolute Gasteiger partial charge is 0.0177 e. The molecule has 68 valence electrons. The molecule has 12 heavy (non-hydrogen) atoms. The van der Waals surface area contributed by atoms with Crippen LogP contribution in [0, 0.1) is 0 Å². The molecule has 0 saturated carbocycles. The van der Waals surface area contributed by atoms with Crippen molar-refractivity contribution in [1.29, 1.82) is 0 Å². The zero-order valence-corrected chi connectivity index (χ0v) is 8.80. The van der Waals surface area contributed by atoms with Gasteiger partial charge in [-0.15, -0.1) is 23.7 Å². The van der Waals surface area contributed by atoms with E-state index in [9.17, 15) is 0 Å². The highest BCUT2D eigenvalue weighted by Crippen LogP contribution is 2.30. The minimum atomic E-state index is 0. The van der Waals surface area contributed by atoms with Gasteiger partial charge in [-0.1, -0.05) is 0 Å². The maximum Gasteiger partial charge on any atom is 0.0177 e. The number of hydrogen-bond donors (Lipinski definition) is 1. The largest absolute Gasteiger partial charge is 0.325 e. The summed E-state index contributed by atoms with van der Waals surface area (Å²) in [5.74, 6) is 0. The van der Waals surface area contributed by atoms with Crippen molar-refractivity contribution in [2.75, 3.05) is 0 Å². The Morgan fingerprint density at radius 3 is 3.08 bits per heavy atom. The van der Waals surface area contributed by atoms with Crippen molar-refractivity contribution in [3.63, 3.8) is 0 Å². The molecule has 0 aromatic carbocycles. The summed E-state index contributed by atoms with van der Waals surface area (Å²) in [5.41, 5.74) is 7.64. The summed E-state index contributed by atoms with van der Waals surface area (Å²) in [6, 6.07) is 2.23. The molecule has 0 radical (unpaired) electrons. The van der Waals surface area contributed by atoms with Crippen LogP contribution in [0.25, 0.3) is 0 Å². The quantitative estimate of drug-likeness (QED) is 0.689. The van der Waals surface area contributed by atoms with Crippen LogP contribution >= 0.6 is 23.7 Å². The number of rotatable bonds is 0. The predicted molar refractivity (Wildman–Crippen MR) is 56.2 cm³/mol. The molecule has 1 aliphatic carbocycles. The van der Waals surface area contributed by atoms with Crippen LogP contribution in [-0.2, 0) is 12.8 Å². The topological polar surface area (TPSA) is 26.0 Å². The van der Waals surface area contributed by atoms with Crippen molar-refractivity contribution in [1.82, 2.24) is 0 Å². The molecule has 1 aliphatic rings. The molecular formula is C9H14ClNS. The van der Waals surface area contributed by atoms with E-state index in [-0.39, 0.29) is 17.9 Å².